The fourth-order valence-electron chi connectivity index (χ4n) is 2.44. The number of hydrogen-bond acceptors (Lipinski definition) is 3. The van der Waals surface area contributed by atoms with E-state index >= 15 is 0 Å². The first-order valence-corrected chi connectivity index (χ1v) is 6.01. The van der Waals surface area contributed by atoms with Crippen LogP contribution in [-0.2, 0) is 4.74 Å². The van der Waals surface area contributed by atoms with Crippen LogP contribution in [0.3, 0.4) is 0 Å². The highest BCUT2D eigenvalue weighted by atomic mass is 16.5. The molecule has 0 aromatic rings. The summed E-state index contributed by atoms with van der Waals surface area (Å²) in [6, 6.07) is 0. The molecule has 1 heterocycles. The summed E-state index contributed by atoms with van der Waals surface area (Å²) in [5, 5.41) is 9.29. The van der Waals surface area contributed by atoms with Gasteiger partial charge >= 0.3 is 0 Å². The Labute approximate surface area is 91.7 Å². The first-order chi connectivity index (χ1) is 7.40. The van der Waals surface area contributed by atoms with Gasteiger partial charge in [-0.1, -0.05) is 5.57 Å². The molecule has 3 heteroatoms. The summed E-state index contributed by atoms with van der Waals surface area (Å²) in [5.41, 5.74) is 2.79. The van der Waals surface area contributed by atoms with Gasteiger partial charge in [0.25, 0.3) is 0 Å². The lowest BCUT2D eigenvalue weighted by Crippen LogP contribution is -2.38. The Hall–Kier alpha value is -0.380. The minimum Gasteiger partial charge on any atom is -0.392 e. The van der Waals surface area contributed by atoms with Crippen LogP contribution in [0.5, 0.6) is 0 Å². The maximum Gasteiger partial charge on any atom is 0.0644 e. The van der Waals surface area contributed by atoms with Gasteiger partial charge in [0.1, 0.15) is 0 Å². The number of rotatable bonds is 3. The molecule has 0 spiro atoms. The summed E-state index contributed by atoms with van der Waals surface area (Å²) in [4.78, 5) is 2.44. The summed E-state index contributed by atoms with van der Waals surface area (Å²) >= 11 is 0. The zero-order valence-electron chi connectivity index (χ0n) is 9.37. The fourth-order valence-corrected chi connectivity index (χ4v) is 2.44. The Kier molecular flexibility index (Phi) is 4.18. The van der Waals surface area contributed by atoms with Crippen LogP contribution >= 0.6 is 0 Å². The average molecular weight is 211 g/mol. The number of aliphatic hydroxyl groups is 1. The van der Waals surface area contributed by atoms with Crippen LogP contribution in [0.4, 0.5) is 0 Å². The van der Waals surface area contributed by atoms with Gasteiger partial charge in [-0.15, -0.1) is 0 Å². The van der Waals surface area contributed by atoms with E-state index in [0.717, 1.165) is 39.3 Å². The lowest BCUT2D eigenvalue weighted by Gasteiger charge is -2.30. The molecule has 0 unspecified atom stereocenters. The van der Waals surface area contributed by atoms with E-state index in [0.29, 0.717) is 0 Å². The molecule has 1 saturated heterocycles. The van der Waals surface area contributed by atoms with Crippen molar-refractivity contribution >= 4 is 0 Å². The van der Waals surface area contributed by atoms with E-state index in [4.69, 9.17) is 4.74 Å². The van der Waals surface area contributed by atoms with E-state index < -0.39 is 0 Å². The minimum atomic E-state index is 0.264. The Morgan fingerprint density at radius 1 is 1.07 bits per heavy atom. The third-order valence-electron chi connectivity index (χ3n) is 3.42. The third kappa shape index (κ3) is 3.03. The van der Waals surface area contributed by atoms with Crippen LogP contribution in [0, 0.1) is 0 Å². The largest absolute Gasteiger partial charge is 0.392 e. The molecule has 0 aromatic heterocycles. The van der Waals surface area contributed by atoms with Gasteiger partial charge in [-0.2, -0.15) is 0 Å². The summed E-state index contributed by atoms with van der Waals surface area (Å²) < 4.78 is 5.33. The molecule has 1 N–H and O–H groups in total. The van der Waals surface area contributed by atoms with Gasteiger partial charge in [0.05, 0.1) is 19.8 Å². The van der Waals surface area contributed by atoms with Crippen molar-refractivity contribution in [2.45, 2.75) is 25.7 Å². The smallest absolute Gasteiger partial charge is 0.0644 e. The number of hydrogen-bond donors (Lipinski definition) is 1. The van der Waals surface area contributed by atoms with Crippen LogP contribution in [0.15, 0.2) is 11.1 Å². The van der Waals surface area contributed by atoms with Gasteiger partial charge in [0, 0.05) is 19.6 Å². The van der Waals surface area contributed by atoms with E-state index in [2.05, 4.69) is 4.90 Å². The average Bonchev–Trinajstić information content (AvgIpc) is 2.31. The molecule has 0 aromatic carbocycles. The Morgan fingerprint density at radius 3 is 2.40 bits per heavy atom. The quantitative estimate of drug-likeness (QED) is 0.712. The predicted octanol–water partition coefficient (Wildman–Crippen LogP) is 1.18. The zero-order valence-corrected chi connectivity index (χ0v) is 9.37. The topological polar surface area (TPSA) is 32.7 Å². The lowest BCUT2D eigenvalue weighted by molar-refractivity contribution is 0.0416. The SMILES string of the molecule is OCC1=C(CN2CCOCC2)CCCC1. The van der Waals surface area contributed by atoms with Gasteiger partial charge in [0.2, 0.25) is 0 Å². The Bertz CT molecular complexity index is 232. The monoisotopic (exact) mass is 211 g/mol. The van der Waals surface area contributed by atoms with Crippen molar-refractivity contribution in [1.82, 2.24) is 4.90 Å². The lowest BCUT2D eigenvalue weighted by atomic mass is 9.92. The molecule has 0 bridgehead atoms. The molecule has 0 amide bonds. The summed E-state index contributed by atoms with van der Waals surface area (Å²) in [6.45, 7) is 5.13. The van der Waals surface area contributed by atoms with Crippen molar-refractivity contribution in [2.75, 3.05) is 39.5 Å². The first kappa shape index (κ1) is 11.1. The molecule has 0 saturated carbocycles. The van der Waals surface area contributed by atoms with Crippen molar-refractivity contribution in [3.8, 4) is 0 Å². The fraction of sp³-hybridized carbons (Fsp3) is 0.833. The predicted molar refractivity (Wildman–Crippen MR) is 59.8 cm³/mol. The molecule has 1 fully saturated rings. The first-order valence-electron chi connectivity index (χ1n) is 6.01. The Morgan fingerprint density at radius 2 is 1.73 bits per heavy atom. The van der Waals surface area contributed by atoms with Crippen LogP contribution in [0.1, 0.15) is 25.7 Å². The number of aliphatic hydroxyl groups excluding tert-OH is 1. The number of ether oxygens (including phenoxy) is 1. The molecule has 0 radical (unpaired) electrons. The normalized spacial score (nSPS) is 24.6. The highest BCUT2D eigenvalue weighted by Gasteiger charge is 2.16. The highest BCUT2D eigenvalue weighted by Crippen LogP contribution is 2.25. The van der Waals surface area contributed by atoms with Crippen molar-refractivity contribution in [2.24, 2.45) is 0 Å². The molecule has 15 heavy (non-hydrogen) atoms. The van der Waals surface area contributed by atoms with Crippen LogP contribution in [0.2, 0.25) is 0 Å². The second-order valence-electron chi connectivity index (χ2n) is 4.46. The molecular formula is C12H21NO2. The van der Waals surface area contributed by atoms with Gasteiger partial charge < -0.3 is 9.84 Å². The van der Waals surface area contributed by atoms with Gasteiger partial charge in [0.15, 0.2) is 0 Å². The standard InChI is InChI=1S/C12H21NO2/c14-10-12-4-2-1-3-11(12)9-13-5-7-15-8-6-13/h14H,1-10H2. The van der Waals surface area contributed by atoms with Crippen molar-refractivity contribution < 1.29 is 9.84 Å². The molecule has 0 atom stereocenters. The maximum absolute atomic E-state index is 9.29. The number of nitrogens with zero attached hydrogens (tertiary/aromatic N) is 1. The molecule has 3 nitrogen and oxygen atoms in total. The molecule has 86 valence electrons. The van der Waals surface area contributed by atoms with Gasteiger partial charge in [-0.25, -0.2) is 0 Å². The second kappa shape index (κ2) is 5.64. The van der Waals surface area contributed by atoms with E-state index in [1.807, 2.05) is 0 Å². The second-order valence-corrected chi connectivity index (χ2v) is 4.46. The molecule has 2 rings (SSSR count). The molecule has 1 aliphatic carbocycles. The maximum atomic E-state index is 9.29. The van der Waals surface area contributed by atoms with E-state index in [1.165, 1.54) is 30.4 Å². The van der Waals surface area contributed by atoms with E-state index in [-0.39, 0.29) is 6.61 Å². The van der Waals surface area contributed by atoms with Gasteiger partial charge in [-0.3, -0.25) is 4.90 Å². The molecule has 1 aliphatic heterocycles. The van der Waals surface area contributed by atoms with Crippen LogP contribution in [0.25, 0.3) is 0 Å². The minimum absolute atomic E-state index is 0.264. The van der Waals surface area contributed by atoms with E-state index in [1.54, 1.807) is 0 Å². The Balaban J connectivity index is 1.92. The zero-order chi connectivity index (χ0) is 10.5. The number of morpholine rings is 1. The highest BCUT2D eigenvalue weighted by molar-refractivity contribution is 5.19. The van der Waals surface area contributed by atoms with Crippen molar-refractivity contribution in [3.63, 3.8) is 0 Å². The summed E-state index contributed by atoms with van der Waals surface area (Å²) in [6.07, 6.45) is 4.84. The van der Waals surface area contributed by atoms with Crippen LogP contribution < -0.4 is 0 Å². The molecule has 2 aliphatic rings. The van der Waals surface area contributed by atoms with E-state index in [9.17, 15) is 5.11 Å². The van der Waals surface area contributed by atoms with Crippen molar-refractivity contribution in [1.29, 1.82) is 0 Å². The third-order valence-corrected chi connectivity index (χ3v) is 3.42. The summed E-state index contributed by atoms with van der Waals surface area (Å²) in [5.74, 6) is 0. The van der Waals surface area contributed by atoms with Gasteiger partial charge in [-0.05, 0) is 31.3 Å². The van der Waals surface area contributed by atoms with Crippen LogP contribution in [-0.4, -0.2) is 49.5 Å². The molecular weight excluding hydrogens is 190 g/mol. The van der Waals surface area contributed by atoms with Crippen molar-refractivity contribution in [3.05, 3.63) is 11.1 Å². The summed E-state index contributed by atoms with van der Waals surface area (Å²) in [7, 11) is 0.